The number of aliphatic hydroxyl groups is 1. The molecular weight excluding hydrogens is 382 g/mol. The molecule has 0 spiro atoms. The van der Waals surface area contributed by atoms with Crippen molar-refractivity contribution in [3.8, 4) is 5.75 Å². The van der Waals surface area contributed by atoms with Gasteiger partial charge in [-0.3, -0.25) is 0 Å². The number of rotatable bonds is 8. The molecule has 0 aliphatic heterocycles. The summed E-state index contributed by atoms with van der Waals surface area (Å²) in [6.07, 6.45) is -0.722. The van der Waals surface area contributed by atoms with Crippen molar-refractivity contribution in [1.29, 1.82) is 0 Å². The normalized spacial score (nSPS) is 12.7. The lowest BCUT2D eigenvalue weighted by Crippen LogP contribution is -2.23. The molecule has 0 aliphatic carbocycles. The lowest BCUT2D eigenvalue weighted by molar-refractivity contribution is 0.224. The Morgan fingerprint density at radius 2 is 1.74 bits per heavy atom. The van der Waals surface area contributed by atoms with Crippen LogP contribution in [0.2, 0.25) is 0 Å². The Morgan fingerprint density at radius 3 is 2.48 bits per heavy atom. The molecule has 0 amide bonds. The largest absolute Gasteiger partial charge is 0.492 e. The summed E-state index contributed by atoms with van der Waals surface area (Å²) in [6, 6.07) is 19.6. The van der Waals surface area contributed by atoms with Crippen molar-refractivity contribution in [2.75, 3.05) is 6.61 Å². The number of thiophene rings is 1. The number of hydrogen-bond acceptors (Lipinski definition) is 5. The Labute approximate surface area is 163 Å². The van der Waals surface area contributed by atoms with E-state index in [4.69, 9.17) is 4.74 Å². The second kappa shape index (κ2) is 8.67. The van der Waals surface area contributed by atoms with E-state index < -0.39 is 16.1 Å². The Morgan fingerprint density at radius 1 is 1.04 bits per heavy atom. The first kappa shape index (κ1) is 19.6. The number of benzene rings is 2. The van der Waals surface area contributed by atoms with Crippen LogP contribution in [0.25, 0.3) is 0 Å². The first-order valence-corrected chi connectivity index (χ1v) is 10.8. The van der Waals surface area contributed by atoms with E-state index in [9.17, 15) is 13.5 Å². The quantitative estimate of drug-likeness (QED) is 0.601. The minimum absolute atomic E-state index is 0.118. The van der Waals surface area contributed by atoms with E-state index in [1.807, 2.05) is 49.4 Å². The number of hydrogen-bond donors (Lipinski definition) is 2. The van der Waals surface area contributed by atoms with Gasteiger partial charge < -0.3 is 9.84 Å². The van der Waals surface area contributed by atoms with Gasteiger partial charge in [0.1, 0.15) is 16.7 Å². The van der Waals surface area contributed by atoms with E-state index in [1.165, 1.54) is 17.4 Å². The Balaban J connectivity index is 1.71. The molecular formula is C20H21NO4S2. The van der Waals surface area contributed by atoms with Gasteiger partial charge in [-0.2, -0.15) is 0 Å². The summed E-state index contributed by atoms with van der Waals surface area (Å²) < 4.78 is 33.3. The zero-order valence-corrected chi connectivity index (χ0v) is 16.5. The van der Waals surface area contributed by atoms with E-state index in [2.05, 4.69) is 4.72 Å². The molecule has 142 valence electrons. The number of aliphatic hydroxyl groups excluding tert-OH is 1. The first-order chi connectivity index (χ1) is 13.0. The average molecular weight is 404 g/mol. The molecule has 3 rings (SSSR count). The molecule has 0 fully saturated rings. The fourth-order valence-electron chi connectivity index (χ4n) is 2.63. The highest BCUT2D eigenvalue weighted by Gasteiger charge is 2.20. The molecule has 0 radical (unpaired) electrons. The van der Waals surface area contributed by atoms with Crippen LogP contribution in [-0.2, 0) is 16.6 Å². The summed E-state index contributed by atoms with van der Waals surface area (Å²) in [5.74, 6) is 0.332. The van der Waals surface area contributed by atoms with Crippen LogP contribution >= 0.6 is 11.3 Å². The highest BCUT2D eigenvalue weighted by Crippen LogP contribution is 2.29. The number of para-hydroxylation sites is 1. The Kier molecular flexibility index (Phi) is 6.28. The molecule has 3 aromatic rings. The first-order valence-electron chi connectivity index (χ1n) is 8.54. The van der Waals surface area contributed by atoms with Crippen LogP contribution in [0.1, 0.15) is 28.3 Å². The van der Waals surface area contributed by atoms with Gasteiger partial charge in [0.25, 0.3) is 0 Å². The molecule has 0 aliphatic rings. The van der Waals surface area contributed by atoms with Crippen LogP contribution in [0.5, 0.6) is 5.75 Å². The third kappa shape index (κ3) is 4.75. The van der Waals surface area contributed by atoms with Crippen molar-refractivity contribution in [2.45, 2.75) is 24.5 Å². The van der Waals surface area contributed by atoms with Crippen LogP contribution in [-0.4, -0.2) is 20.1 Å². The maximum atomic E-state index is 12.6. The minimum atomic E-state index is -3.71. The van der Waals surface area contributed by atoms with Crippen molar-refractivity contribution in [1.82, 2.24) is 4.72 Å². The maximum absolute atomic E-state index is 12.6. The summed E-state index contributed by atoms with van der Waals surface area (Å²) in [4.78, 5) is 1.70. The molecule has 2 aromatic carbocycles. The molecule has 1 aromatic heterocycles. The van der Waals surface area contributed by atoms with Crippen molar-refractivity contribution in [3.05, 3.63) is 82.0 Å². The van der Waals surface area contributed by atoms with Crippen LogP contribution in [0.4, 0.5) is 0 Å². The summed E-state index contributed by atoms with van der Waals surface area (Å²) in [5, 5.41) is 10.5. The molecule has 7 heteroatoms. The third-order valence-corrected chi connectivity index (χ3v) is 6.52. The van der Waals surface area contributed by atoms with E-state index in [-0.39, 0.29) is 11.4 Å². The monoisotopic (exact) mass is 403 g/mol. The van der Waals surface area contributed by atoms with Gasteiger partial charge in [-0.15, -0.1) is 11.3 Å². The van der Waals surface area contributed by atoms with Gasteiger partial charge in [0.05, 0.1) is 6.61 Å². The zero-order valence-electron chi connectivity index (χ0n) is 14.8. The van der Waals surface area contributed by atoms with Gasteiger partial charge in [-0.05, 0) is 36.8 Å². The third-order valence-electron chi connectivity index (χ3n) is 3.94. The fourth-order valence-corrected chi connectivity index (χ4v) is 4.84. The summed E-state index contributed by atoms with van der Waals surface area (Å²) in [5.41, 5.74) is 0.803. The average Bonchev–Trinajstić information content (AvgIpc) is 3.16. The standard InChI is InChI=1S/C20H21NO4S2/c1-2-25-17-10-6-7-11-19(17)27(23,24)21-14-16-12-13-18(26-16)20(22)15-8-4-3-5-9-15/h3-13,20-22H,2,14H2,1H3. The van der Waals surface area contributed by atoms with Crippen LogP contribution in [0.3, 0.4) is 0 Å². The van der Waals surface area contributed by atoms with Gasteiger partial charge in [-0.1, -0.05) is 42.5 Å². The number of nitrogens with one attached hydrogen (secondary N) is 1. The summed E-state index contributed by atoms with van der Waals surface area (Å²) in [6.45, 7) is 2.34. The second-order valence-electron chi connectivity index (χ2n) is 5.82. The van der Waals surface area contributed by atoms with Crippen LogP contribution in [0, 0.1) is 0 Å². The summed E-state index contributed by atoms with van der Waals surface area (Å²) >= 11 is 1.38. The molecule has 0 bridgehead atoms. The molecule has 0 saturated heterocycles. The van der Waals surface area contributed by atoms with Crippen molar-refractivity contribution >= 4 is 21.4 Å². The SMILES string of the molecule is CCOc1ccccc1S(=O)(=O)NCc1ccc(C(O)c2ccccc2)s1. The predicted octanol–water partition coefficient (Wildman–Crippen LogP) is 3.71. The van der Waals surface area contributed by atoms with Crippen LogP contribution < -0.4 is 9.46 Å². The Bertz CT molecular complexity index is 984. The van der Waals surface area contributed by atoms with Gasteiger partial charge in [0.15, 0.2) is 0 Å². The molecule has 0 saturated carbocycles. The minimum Gasteiger partial charge on any atom is -0.492 e. The maximum Gasteiger partial charge on any atom is 0.244 e. The molecule has 1 unspecified atom stereocenters. The highest BCUT2D eigenvalue weighted by molar-refractivity contribution is 7.89. The number of sulfonamides is 1. The van der Waals surface area contributed by atoms with E-state index >= 15 is 0 Å². The predicted molar refractivity (Wildman–Crippen MR) is 106 cm³/mol. The summed E-state index contributed by atoms with van der Waals surface area (Å²) in [7, 11) is -3.71. The fraction of sp³-hybridized carbons (Fsp3) is 0.200. The Hall–Kier alpha value is -2.19. The van der Waals surface area contributed by atoms with E-state index in [0.29, 0.717) is 12.4 Å². The topological polar surface area (TPSA) is 75.6 Å². The van der Waals surface area contributed by atoms with E-state index in [1.54, 1.807) is 18.2 Å². The smallest absolute Gasteiger partial charge is 0.244 e. The van der Waals surface area contributed by atoms with E-state index in [0.717, 1.165) is 15.3 Å². The molecule has 27 heavy (non-hydrogen) atoms. The lowest BCUT2D eigenvalue weighted by Gasteiger charge is -2.11. The van der Waals surface area contributed by atoms with Gasteiger partial charge in [-0.25, -0.2) is 13.1 Å². The number of ether oxygens (including phenoxy) is 1. The van der Waals surface area contributed by atoms with Gasteiger partial charge >= 0.3 is 0 Å². The molecule has 1 heterocycles. The van der Waals surface area contributed by atoms with Crippen molar-refractivity contribution in [2.24, 2.45) is 0 Å². The van der Waals surface area contributed by atoms with Crippen molar-refractivity contribution in [3.63, 3.8) is 0 Å². The van der Waals surface area contributed by atoms with Crippen molar-refractivity contribution < 1.29 is 18.3 Å². The molecule has 1 atom stereocenters. The highest BCUT2D eigenvalue weighted by atomic mass is 32.2. The van der Waals surface area contributed by atoms with Gasteiger partial charge in [0, 0.05) is 16.3 Å². The lowest BCUT2D eigenvalue weighted by atomic mass is 10.1. The second-order valence-corrected chi connectivity index (χ2v) is 8.76. The zero-order chi connectivity index (χ0) is 19.3. The van der Waals surface area contributed by atoms with Gasteiger partial charge in [0.2, 0.25) is 10.0 Å². The molecule has 2 N–H and O–H groups in total. The van der Waals surface area contributed by atoms with Crippen LogP contribution in [0.15, 0.2) is 71.6 Å². The molecule has 5 nitrogen and oxygen atoms in total.